The highest BCUT2D eigenvalue weighted by molar-refractivity contribution is 6.30. The molecule has 0 unspecified atom stereocenters. The van der Waals surface area contributed by atoms with E-state index in [2.05, 4.69) is 35.1 Å². The molecule has 1 amide bonds. The maximum Gasteiger partial charge on any atom is 0.257 e. The number of nitrogens with zero attached hydrogens (tertiary/aromatic N) is 4. The number of rotatable bonds is 5. The molecule has 1 aliphatic rings. The number of hydrogen-bond donors (Lipinski definition) is 0. The van der Waals surface area contributed by atoms with Crippen molar-refractivity contribution >= 4 is 23.2 Å². The quantitative estimate of drug-likeness (QED) is 0.638. The van der Waals surface area contributed by atoms with Crippen molar-refractivity contribution in [1.29, 1.82) is 0 Å². The molecule has 4 rings (SSSR count). The molecule has 1 saturated heterocycles. The van der Waals surface area contributed by atoms with E-state index in [4.69, 9.17) is 11.6 Å². The number of benzene rings is 2. The molecule has 0 saturated carbocycles. The number of piperazine rings is 1. The summed E-state index contributed by atoms with van der Waals surface area (Å²) < 4.78 is 1.95. The fourth-order valence-corrected chi connectivity index (χ4v) is 4.05. The molecule has 2 heterocycles. The van der Waals surface area contributed by atoms with E-state index in [9.17, 15) is 4.79 Å². The van der Waals surface area contributed by atoms with E-state index in [0.717, 1.165) is 41.5 Å². The van der Waals surface area contributed by atoms with Crippen molar-refractivity contribution in [2.24, 2.45) is 0 Å². The van der Waals surface area contributed by atoms with Crippen LogP contribution in [0.3, 0.4) is 0 Å². The zero-order valence-electron chi connectivity index (χ0n) is 16.6. The van der Waals surface area contributed by atoms with Gasteiger partial charge in [-0.25, -0.2) is 0 Å². The molecule has 1 aromatic heterocycles. The Morgan fingerprint density at radius 3 is 2.48 bits per heavy atom. The Bertz CT molecular complexity index is 978. The first-order valence-corrected chi connectivity index (χ1v) is 10.4. The number of carbonyl (C=O) groups is 1. The number of halogens is 1. The van der Waals surface area contributed by atoms with E-state index >= 15 is 0 Å². The monoisotopic (exact) mass is 408 g/mol. The maximum atomic E-state index is 13.2. The summed E-state index contributed by atoms with van der Waals surface area (Å²) in [4.78, 5) is 17.4. The van der Waals surface area contributed by atoms with Crippen LogP contribution in [0, 0.1) is 0 Å². The van der Waals surface area contributed by atoms with Gasteiger partial charge in [-0.15, -0.1) is 0 Å². The molecule has 0 aliphatic carbocycles. The standard InChI is InChI=1S/C23H25ClN4O/c1-2-22-21(16-25-28(22)17-18-7-4-3-5-8-18)23(29)27-13-11-26(12-14-27)20-10-6-9-19(24)15-20/h3-10,15-16H,2,11-14,17H2,1H3. The lowest BCUT2D eigenvalue weighted by Crippen LogP contribution is -2.49. The Labute approximate surface area is 176 Å². The van der Waals surface area contributed by atoms with E-state index in [0.29, 0.717) is 19.6 Å². The fraction of sp³-hybridized carbons (Fsp3) is 0.304. The van der Waals surface area contributed by atoms with Gasteiger partial charge in [0.2, 0.25) is 0 Å². The molecular weight excluding hydrogens is 384 g/mol. The van der Waals surface area contributed by atoms with Crippen LogP contribution in [-0.4, -0.2) is 46.8 Å². The Morgan fingerprint density at radius 2 is 1.79 bits per heavy atom. The van der Waals surface area contributed by atoms with Crippen molar-refractivity contribution in [2.75, 3.05) is 31.1 Å². The predicted octanol–water partition coefficient (Wildman–Crippen LogP) is 4.11. The van der Waals surface area contributed by atoms with Crippen molar-refractivity contribution in [2.45, 2.75) is 19.9 Å². The molecular formula is C23H25ClN4O. The summed E-state index contributed by atoms with van der Waals surface area (Å²) in [6.45, 7) is 5.74. The highest BCUT2D eigenvalue weighted by Crippen LogP contribution is 2.22. The normalized spacial score (nSPS) is 14.3. The van der Waals surface area contributed by atoms with E-state index in [1.807, 2.05) is 46.0 Å². The third kappa shape index (κ3) is 4.30. The van der Waals surface area contributed by atoms with Gasteiger partial charge >= 0.3 is 0 Å². The summed E-state index contributed by atoms with van der Waals surface area (Å²) >= 11 is 6.12. The van der Waals surface area contributed by atoms with Gasteiger partial charge in [-0.3, -0.25) is 9.48 Å². The lowest BCUT2D eigenvalue weighted by atomic mass is 10.1. The number of hydrogen-bond acceptors (Lipinski definition) is 3. The minimum absolute atomic E-state index is 0.0758. The predicted molar refractivity (Wildman–Crippen MR) is 117 cm³/mol. The van der Waals surface area contributed by atoms with Gasteiger partial charge in [0.15, 0.2) is 0 Å². The molecule has 1 aliphatic heterocycles. The van der Waals surface area contributed by atoms with Crippen molar-refractivity contribution < 1.29 is 4.79 Å². The Morgan fingerprint density at radius 1 is 1.03 bits per heavy atom. The summed E-state index contributed by atoms with van der Waals surface area (Å²) in [5.74, 6) is 0.0758. The van der Waals surface area contributed by atoms with Crippen LogP contribution in [0.4, 0.5) is 5.69 Å². The lowest BCUT2D eigenvalue weighted by Gasteiger charge is -2.36. The molecule has 0 N–H and O–H groups in total. The van der Waals surface area contributed by atoms with Crippen molar-refractivity contribution in [3.8, 4) is 0 Å². The van der Waals surface area contributed by atoms with Crippen LogP contribution < -0.4 is 4.90 Å². The Balaban J connectivity index is 1.45. The second kappa shape index (κ2) is 8.70. The summed E-state index contributed by atoms with van der Waals surface area (Å²) in [5.41, 5.74) is 4.00. The molecule has 6 heteroatoms. The number of anilines is 1. The molecule has 5 nitrogen and oxygen atoms in total. The zero-order valence-corrected chi connectivity index (χ0v) is 17.3. The van der Waals surface area contributed by atoms with Crippen molar-refractivity contribution in [3.63, 3.8) is 0 Å². The molecule has 3 aromatic rings. The number of carbonyl (C=O) groups excluding carboxylic acids is 1. The topological polar surface area (TPSA) is 41.4 Å². The van der Waals surface area contributed by atoms with E-state index < -0.39 is 0 Å². The molecule has 150 valence electrons. The SMILES string of the molecule is CCc1c(C(=O)N2CCN(c3cccc(Cl)c3)CC2)cnn1Cc1ccccc1. The minimum Gasteiger partial charge on any atom is -0.368 e. The third-order valence-corrected chi connectivity index (χ3v) is 5.66. The van der Waals surface area contributed by atoms with Gasteiger partial charge in [0, 0.05) is 36.9 Å². The molecule has 1 fully saturated rings. The fourth-order valence-electron chi connectivity index (χ4n) is 3.87. The second-order valence-corrected chi connectivity index (χ2v) is 7.70. The second-order valence-electron chi connectivity index (χ2n) is 7.26. The largest absolute Gasteiger partial charge is 0.368 e. The van der Waals surface area contributed by atoms with Crippen LogP contribution in [0.25, 0.3) is 0 Å². The Kier molecular flexibility index (Phi) is 5.86. The van der Waals surface area contributed by atoms with Crippen LogP contribution >= 0.6 is 11.6 Å². The molecule has 0 spiro atoms. The van der Waals surface area contributed by atoms with Gasteiger partial charge in [0.1, 0.15) is 0 Å². The first-order valence-electron chi connectivity index (χ1n) is 10.0. The summed E-state index contributed by atoms with van der Waals surface area (Å²) in [6, 6.07) is 18.1. The summed E-state index contributed by atoms with van der Waals surface area (Å²) in [5, 5.41) is 5.25. The van der Waals surface area contributed by atoms with Crippen molar-refractivity contribution in [3.05, 3.63) is 82.6 Å². The van der Waals surface area contributed by atoms with Gasteiger partial charge in [-0.1, -0.05) is 54.9 Å². The van der Waals surface area contributed by atoms with Crippen LogP contribution in [0.5, 0.6) is 0 Å². The molecule has 0 radical (unpaired) electrons. The Hall–Kier alpha value is -2.79. The van der Waals surface area contributed by atoms with Crippen molar-refractivity contribution in [1.82, 2.24) is 14.7 Å². The molecule has 0 atom stereocenters. The van der Waals surface area contributed by atoms with E-state index in [1.54, 1.807) is 6.20 Å². The number of aromatic nitrogens is 2. The molecule has 29 heavy (non-hydrogen) atoms. The minimum atomic E-state index is 0.0758. The first-order chi connectivity index (χ1) is 14.2. The van der Waals surface area contributed by atoms with Gasteiger partial charge in [0.25, 0.3) is 5.91 Å². The van der Waals surface area contributed by atoms with Crippen LogP contribution in [0.1, 0.15) is 28.5 Å². The first kappa shape index (κ1) is 19.5. The van der Waals surface area contributed by atoms with E-state index in [-0.39, 0.29) is 5.91 Å². The van der Waals surface area contributed by atoms with Crippen LogP contribution in [-0.2, 0) is 13.0 Å². The van der Waals surface area contributed by atoms with Gasteiger partial charge in [-0.2, -0.15) is 5.10 Å². The highest BCUT2D eigenvalue weighted by atomic mass is 35.5. The lowest BCUT2D eigenvalue weighted by molar-refractivity contribution is 0.0745. The maximum absolute atomic E-state index is 13.2. The average Bonchev–Trinajstić information content (AvgIpc) is 3.16. The smallest absolute Gasteiger partial charge is 0.257 e. The zero-order chi connectivity index (χ0) is 20.2. The van der Waals surface area contributed by atoms with Gasteiger partial charge in [-0.05, 0) is 30.2 Å². The number of amides is 1. The van der Waals surface area contributed by atoms with Crippen LogP contribution in [0.15, 0.2) is 60.8 Å². The molecule has 2 aromatic carbocycles. The molecule has 0 bridgehead atoms. The average molecular weight is 409 g/mol. The van der Waals surface area contributed by atoms with Gasteiger partial charge in [0.05, 0.1) is 24.0 Å². The highest BCUT2D eigenvalue weighted by Gasteiger charge is 2.25. The van der Waals surface area contributed by atoms with Crippen LogP contribution in [0.2, 0.25) is 5.02 Å². The van der Waals surface area contributed by atoms with E-state index in [1.165, 1.54) is 5.56 Å². The third-order valence-electron chi connectivity index (χ3n) is 5.43. The van der Waals surface area contributed by atoms with Gasteiger partial charge < -0.3 is 9.80 Å². The summed E-state index contributed by atoms with van der Waals surface area (Å²) in [6.07, 6.45) is 2.50. The summed E-state index contributed by atoms with van der Waals surface area (Å²) in [7, 11) is 0.